The first-order chi connectivity index (χ1) is 16.6. The zero-order valence-corrected chi connectivity index (χ0v) is 21.4. The number of alkyl halides is 3. The van der Waals surface area contributed by atoms with Crippen LogP contribution in [0.3, 0.4) is 0 Å². The molecule has 1 aliphatic heterocycles. The standard InChI is InChI=1S/C25H29BrF3N3O3/c1-32-11-10-24(15-4-7-20(34-2)21(12-15)35-3)9-8-17(14-22(24)32)30-23(33)31-19-6-5-16(26)13-18(19)25(27,28)29/h4-7,12-13,17,22H,8-11,14H2,1-3H3,(H2,30,31,33)/t17-,22+,24-/m0/s1. The largest absolute Gasteiger partial charge is 0.493 e. The van der Waals surface area contributed by atoms with Gasteiger partial charge in [0.15, 0.2) is 11.5 Å². The molecule has 1 aliphatic carbocycles. The lowest BCUT2D eigenvalue weighted by atomic mass is 9.65. The lowest BCUT2D eigenvalue weighted by Crippen LogP contribution is -2.52. The van der Waals surface area contributed by atoms with E-state index < -0.39 is 17.8 Å². The van der Waals surface area contributed by atoms with Crippen LogP contribution in [0.15, 0.2) is 40.9 Å². The molecular weight excluding hydrogens is 527 g/mol. The number of amides is 2. The molecule has 1 heterocycles. The van der Waals surface area contributed by atoms with E-state index in [0.29, 0.717) is 22.4 Å². The van der Waals surface area contributed by atoms with Gasteiger partial charge in [-0.3, -0.25) is 0 Å². The van der Waals surface area contributed by atoms with Gasteiger partial charge in [-0.15, -0.1) is 0 Å². The van der Waals surface area contributed by atoms with Gasteiger partial charge >= 0.3 is 12.2 Å². The fraction of sp³-hybridized carbons (Fsp3) is 0.480. The van der Waals surface area contributed by atoms with Crippen LogP contribution in [-0.4, -0.2) is 50.8 Å². The minimum atomic E-state index is -4.58. The molecule has 2 N–H and O–H groups in total. The molecule has 0 aromatic heterocycles. The van der Waals surface area contributed by atoms with Gasteiger partial charge in [0, 0.05) is 22.0 Å². The third-order valence-electron chi connectivity index (χ3n) is 7.36. The first-order valence-electron chi connectivity index (χ1n) is 11.4. The molecule has 4 rings (SSSR count). The fourth-order valence-corrected chi connectivity index (χ4v) is 5.96. The van der Waals surface area contributed by atoms with E-state index in [2.05, 4.69) is 44.6 Å². The average molecular weight is 556 g/mol. The van der Waals surface area contributed by atoms with E-state index in [0.717, 1.165) is 31.9 Å². The molecule has 6 nitrogen and oxygen atoms in total. The van der Waals surface area contributed by atoms with E-state index in [1.165, 1.54) is 17.7 Å². The molecule has 0 bridgehead atoms. The third-order valence-corrected chi connectivity index (χ3v) is 7.85. The molecule has 1 saturated carbocycles. The Hall–Kier alpha value is -2.46. The molecule has 35 heavy (non-hydrogen) atoms. The summed E-state index contributed by atoms with van der Waals surface area (Å²) in [5, 5.41) is 5.30. The lowest BCUT2D eigenvalue weighted by molar-refractivity contribution is -0.136. The summed E-state index contributed by atoms with van der Waals surface area (Å²) in [6.07, 6.45) is -1.34. The van der Waals surface area contributed by atoms with Crippen LogP contribution in [0.5, 0.6) is 11.5 Å². The Morgan fingerprint density at radius 3 is 2.54 bits per heavy atom. The minimum absolute atomic E-state index is 0.0852. The number of ether oxygens (including phenoxy) is 2. The van der Waals surface area contributed by atoms with E-state index >= 15 is 0 Å². The van der Waals surface area contributed by atoms with Crippen molar-refractivity contribution in [2.45, 2.75) is 49.4 Å². The molecule has 0 unspecified atom stereocenters. The van der Waals surface area contributed by atoms with E-state index in [-0.39, 0.29) is 23.2 Å². The summed E-state index contributed by atoms with van der Waals surface area (Å²) in [7, 11) is 5.30. The van der Waals surface area contributed by atoms with E-state index in [1.807, 2.05) is 12.1 Å². The second kappa shape index (κ2) is 9.89. The molecule has 2 fully saturated rings. The summed E-state index contributed by atoms with van der Waals surface area (Å²) in [5.74, 6) is 1.36. The highest BCUT2D eigenvalue weighted by Crippen LogP contribution is 2.50. The van der Waals surface area contributed by atoms with E-state index in [9.17, 15) is 18.0 Å². The van der Waals surface area contributed by atoms with Gasteiger partial charge in [0.1, 0.15) is 0 Å². The van der Waals surface area contributed by atoms with Gasteiger partial charge in [0.05, 0.1) is 25.5 Å². The minimum Gasteiger partial charge on any atom is -0.493 e. The van der Waals surface area contributed by atoms with Gasteiger partial charge in [0.25, 0.3) is 0 Å². The van der Waals surface area contributed by atoms with Gasteiger partial charge in [-0.2, -0.15) is 13.2 Å². The molecule has 0 radical (unpaired) electrons. The number of hydrogen-bond donors (Lipinski definition) is 2. The van der Waals surface area contributed by atoms with Crippen molar-refractivity contribution in [2.24, 2.45) is 0 Å². The van der Waals surface area contributed by atoms with Gasteiger partial charge in [-0.25, -0.2) is 4.79 Å². The third kappa shape index (κ3) is 5.09. The molecule has 190 valence electrons. The smallest absolute Gasteiger partial charge is 0.418 e. The maximum atomic E-state index is 13.4. The Bertz CT molecular complexity index is 1100. The van der Waals surface area contributed by atoms with Gasteiger partial charge in [0.2, 0.25) is 0 Å². The molecule has 0 spiro atoms. The zero-order chi connectivity index (χ0) is 25.4. The number of carbonyl (C=O) groups is 1. The molecule has 1 saturated heterocycles. The van der Waals surface area contributed by atoms with Gasteiger partial charge in [-0.05, 0) is 75.2 Å². The highest BCUT2D eigenvalue weighted by molar-refractivity contribution is 9.10. The van der Waals surface area contributed by atoms with Crippen LogP contribution in [0.4, 0.5) is 23.7 Å². The monoisotopic (exact) mass is 555 g/mol. The van der Waals surface area contributed by atoms with Gasteiger partial charge < -0.3 is 25.0 Å². The first-order valence-corrected chi connectivity index (χ1v) is 12.2. The summed E-state index contributed by atoms with van der Waals surface area (Å²) in [6, 6.07) is 9.11. The van der Waals surface area contributed by atoms with Crippen molar-refractivity contribution < 1.29 is 27.4 Å². The normalized spacial score (nSPS) is 24.5. The summed E-state index contributed by atoms with van der Waals surface area (Å²) in [4.78, 5) is 15.0. The fourth-order valence-electron chi connectivity index (χ4n) is 5.60. The Morgan fingerprint density at radius 1 is 1.11 bits per heavy atom. The number of fused-ring (bicyclic) bond motifs is 1. The number of benzene rings is 2. The Kier molecular flexibility index (Phi) is 7.24. The summed E-state index contributed by atoms with van der Waals surface area (Å²) in [6.45, 7) is 0.922. The maximum absolute atomic E-state index is 13.4. The molecule has 3 atom stereocenters. The number of carbonyl (C=O) groups excluding carboxylic acids is 1. The summed E-state index contributed by atoms with van der Waals surface area (Å²) < 4.78 is 51.5. The van der Waals surface area contributed by atoms with Crippen molar-refractivity contribution in [3.8, 4) is 11.5 Å². The lowest BCUT2D eigenvalue weighted by Gasteiger charge is -2.45. The van der Waals surface area contributed by atoms with Crippen molar-refractivity contribution in [1.29, 1.82) is 0 Å². The SMILES string of the molecule is COc1ccc([C@@]23CC[C@H](NC(=O)Nc4ccc(Br)cc4C(F)(F)F)C[C@H]2N(C)CC3)cc1OC. The van der Waals surface area contributed by atoms with Crippen molar-refractivity contribution >= 4 is 27.6 Å². The van der Waals surface area contributed by atoms with Crippen LogP contribution < -0.4 is 20.1 Å². The number of likely N-dealkylation sites (tertiary alicyclic amines) is 1. The number of hydrogen-bond acceptors (Lipinski definition) is 4. The predicted molar refractivity (Wildman–Crippen MR) is 131 cm³/mol. The van der Waals surface area contributed by atoms with Crippen LogP contribution in [0.2, 0.25) is 0 Å². The van der Waals surface area contributed by atoms with Crippen molar-refractivity contribution in [3.05, 3.63) is 52.0 Å². The number of methoxy groups -OCH3 is 2. The zero-order valence-electron chi connectivity index (χ0n) is 19.8. The predicted octanol–water partition coefficient (Wildman–Crippen LogP) is 5.80. The van der Waals surface area contributed by atoms with Crippen LogP contribution in [0.1, 0.15) is 36.8 Å². The second-order valence-electron chi connectivity index (χ2n) is 9.23. The van der Waals surface area contributed by atoms with Crippen LogP contribution in [0.25, 0.3) is 0 Å². The Labute approximate surface area is 211 Å². The number of rotatable bonds is 5. The summed E-state index contributed by atoms with van der Waals surface area (Å²) in [5.41, 5.74) is -0.0737. The molecule has 2 aliphatic rings. The van der Waals surface area contributed by atoms with Crippen molar-refractivity contribution in [3.63, 3.8) is 0 Å². The number of urea groups is 1. The Morgan fingerprint density at radius 2 is 1.86 bits per heavy atom. The molecule has 2 aromatic carbocycles. The van der Waals surface area contributed by atoms with Crippen LogP contribution in [-0.2, 0) is 11.6 Å². The number of halogens is 4. The topological polar surface area (TPSA) is 62.8 Å². The van der Waals surface area contributed by atoms with Crippen LogP contribution >= 0.6 is 15.9 Å². The molecular formula is C25H29BrF3N3O3. The molecule has 2 aromatic rings. The second-order valence-corrected chi connectivity index (χ2v) is 10.1. The summed E-state index contributed by atoms with van der Waals surface area (Å²) >= 11 is 3.06. The van der Waals surface area contributed by atoms with E-state index in [1.54, 1.807) is 14.2 Å². The van der Waals surface area contributed by atoms with E-state index in [4.69, 9.17) is 9.47 Å². The van der Waals surface area contributed by atoms with Crippen molar-refractivity contribution in [1.82, 2.24) is 10.2 Å². The Balaban J connectivity index is 1.49. The highest BCUT2D eigenvalue weighted by atomic mass is 79.9. The van der Waals surface area contributed by atoms with Crippen LogP contribution in [0, 0.1) is 0 Å². The molecule has 2 amide bonds. The highest BCUT2D eigenvalue weighted by Gasteiger charge is 2.50. The number of nitrogens with zero attached hydrogens (tertiary/aromatic N) is 1. The molecule has 10 heteroatoms. The average Bonchev–Trinajstić information content (AvgIpc) is 3.16. The quantitative estimate of drug-likeness (QED) is 0.489. The maximum Gasteiger partial charge on any atom is 0.418 e. The van der Waals surface area contributed by atoms with Crippen molar-refractivity contribution in [2.75, 3.05) is 33.1 Å². The number of likely N-dealkylation sites (N-methyl/N-ethyl adjacent to an activating group) is 1. The first kappa shape index (κ1) is 25.6. The van der Waals surface area contributed by atoms with Gasteiger partial charge in [-0.1, -0.05) is 22.0 Å². The number of nitrogens with one attached hydrogen (secondary N) is 2. The number of anilines is 1.